The molecular formula is C21H24N4O2. The number of carbonyl (C=O) groups excluding carboxylic acids is 2. The summed E-state index contributed by atoms with van der Waals surface area (Å²) in [5.41, 5.74) is 3.38. The van der Waals surface area contributed by atoms with E-state index in [1.54, 1.807) is 24.1 Å². The van der Waals surface area contributed by atoms with Gasteiger partial charge in [-0.05, 0) is 61.6 Å². The minimum atomic E-state index is -0.148. The average Bonchev–Trinajstić information content (AvgIpc) is 3.12. The second-order valence-electron chi connectivity index (χ2n) is 7.14. The van der Waals surface area contributed by atoms with Gasteiger partial charge in [-0.15, -0.1) is 0 Å². The summed E-state index contributed by atoms with van der Waals surface area (Å²) in [5, 5.41) is 3.00. The molecule has 6 nitrogen and oxygen atoms in total. The van der Waals surface area contributed by atoms with Crippen molar-refractivity contribution in [1.82, 2.24) is 4.98 Å². The van der Waals surface area contributed by atoms with Gasteiger partial charge in [-0.1, -0.05) is 0 Å². The van der Waals surface area contributed by atoms with Crippen molar-refractivity contribution in [1.29, 1.82) is 0 Å². The Hall–Kier alpha value is -2.89. The van der Waals surface area contributed by atoms with Crippen LogP contribution in [-0.2, 0) is 11.2 Å². The number of amides is 2. The Morgan fingerprint density at radius 3 is 2.67 bits per heavy atom. The molecule has 0 radical (unpaired) electrons. The van der Waals surface area contributed by atoms with Crippen LogP contribution in [0.25, 0.3) is 0 Å². The highest BCUT2D eigenvalue weighted by Crippen LogP contribution is 2.31. The summed E-state index contributed by atoms with van der Waals surface area (Å²) < 4.78 is 0. The Labute approximate surface area is 159 Å². The Morgan fingerprint density at radius 1 is 1.07 bits per heavy atom. The fraction of sp³-hybridized carbons (Fsp3) is 0.381. The number of hydrogen-bond acceptors (Lipinski definition) is 4. The second kappa shape index (κ2) is 7.39. The van der Waals surface area contributed by atoms with Crippen LogP contribution in [0, 0.1) is 0 Å². The van der Waals surface area contributed by atoms with Crippen LogP contribution in [0.4, 0.5) is 17.2 Å². The first-order chi connectivity index (χ1) is 13.1. The van der Waals surface area contributed by atoms with Gasteiger partial charge in [0, 0.05) is 44.1 Å². The lowest BCUT2D eigenvalue weighted by Gasteiger charge is -2.29. The van der Waals surface area contributed by atoms with E-state index in [1.807, 2.05) is 24.3 Å². The number of carbonyl (C=O) groups is 2. The molecule has 1 aromatic heterocycles. The maximum atomic E-state index is 12.9. The third-order valence-electron chi connectivity index (χ3n) is 5.30. The maximum Gasteiger partial charge on any atom is 0.259 e. The van der Waals surface area contributed by atoms with Crippen molar-refractivity contribution < 1.29 is 9.59 Å². The lowest BCUT2D eigenvalue weighted by molar-refractivity contribution is -0.116. The molecule has 2 aliphatic heterocycles. The molecule has 0 atom stereocenters. The highest BCUT2D eigenvalue weighted by molar-refractivity contribution is 6.07. The number of anilines is 3. The first kappa shape index (κ1) is 17.5. The van der Waals surface area contributed by atoms with Gasteiger partial charge in [-0.3, -0.25) is 9.59 Å². The lowest BCUT2D eigenvalue weighted by atomic mass is 10.1. The topological polar surface area (TPSA) is 65.5 Å². The molecule has 0 bridgehead atoms. The third-order valence-corrected chi connectivity index (χ3v) is 5.30. The quantitative estimate of drug-likeness (QED) is 0.908. The van der Waals surface area contributed by atoms with Crippen LogP contribution in [0.5, 0.6) is 0 Å². The van der Waals surface area contributed by atoms with Crippen molar-refractivity contribution in [3.63, 3.8) is 0 Å². The van der Waals surface area contributed by atoms with E-state index < -0.39 is 0 Å². The summed E-state index contributed by atoms with van der Waals surface area (Å²) in [7, 11) is 0. The Balaban J connectivity index is 1.54. The molecule has 140 valence electrons. The molecule has 0 unspecified atom stereocenters. The Morgan fingerprint density at radius 2 is 1.89 bits per heavy atom. The number of hydrogen-bond donors (Lipinski definition) is 1. The van der Waals surface area contributed by atoms with Crippen LogP contribution >= 0.6 is 0 Å². The lowest BCUT2D eigenvalue weighted by Crippen LogP contribution is -2.32. The average molecular weight is 364 g/mol. The third kappa shape index (κ3) is 3.52. The summed E-state index contributed by atoms with van der Waals surface area (Å²) in [6.07, 6.45) is 6.05. The van der Waals surface area contributed by atoms with Gasteiger partial charge in [0.1, 0.15) is 5.82 Å². The summed E-state index contributed by atoms with van der Waals surface area (Å²) in [6.45, 7) is 4.16. The summed E-state index contributed by atoms with van der Waals surface area (Å²) in [4.78, 5) is 33.0. The molecule has 3 heterocycles. The van der Waals surface area contributed by atoms with Crippen molar-refractivity contribution in [2.24, 2.45) is 0 Å². The van der Waals surface area contributed by atoms with Gasteiger partial charge in [0.2, 0.25) is 5.91 Å². The summed E-state index contributed by atoms with van der Waals surface area (Å²) >= 11 is 0. The van der Waals surface area contributed by atoms with E-state index in [0.717, 1.165) is 55.1 Å². The van der Waals surface area contributed by atoms with Crippen molar-refractivity contribution in [3.8, 4) is 0 Å². The van der Waals surface area contributed by atoms with Crippen molar-refractivity contribution >= 4 is 29.0 Å². The molecule has 1 aromatic carbocycles. The maximum absolute atomic E-state index is 12.9. The number of rotatable bonds is 3. The van der Waals surface area contributed by atoms with Crippen LogP contribution < -0.4 is 15.1 Å². The fourth-order valence-electron chi connectivity index (χ4n) is 3.94. The minimum absolute atomic E-state index is 0.0482. The highest BCUT2D eigenvalue weighted by Gasteiger charge is 2.23. The first-order valence-electron chi connectivity index (χ1n) is 9.56. The molecular weight excluding hydrogens is 340 g/mol. The van der Waals surface area contributed by atoms with E-state index in [4.69, 9.17) is 0 Å². The van der Waals surface area contributed by atoms with Crippen LogP contribution in [-0.4, -0.2) is 36.4 Å². The Kier molecular flexibility index (Phi) is 4.79. The van der Waals surface area contributed by atoms with Crippen molar-refractivity contribution in [2.75, 3.05) is 34.8 Å². The molecule has 2 aliphatic rings. The van der Waals surface area contributed by atoms with Gasteiger partial charge in [0.15, 0.2) is 0 Å². The zero-order chi connectivity index (χ0) is 18.8. The predicted octanol–water partition coefficient (Wildman–Crippen LogP) is 3.23. The molecule has 27 heavy (non-hydrogen) atoms. The second-order valence-corrected chi connectivity index (χ2v) is 7.14. The fourth-order valence-corrected chi connectivity index (χ4v) is 3.94. The van der Waals surface area contributed by atoms with Gasteiger partial charge < -0.3 is 15.1 Å². The highest BCUT2D eigenvalue weighted by atomic mass is 16.2. The van der Waals surface area contributed by atoms with Crippen LogP contribution in [0.15, 0.2) is 36.5 Å². The minimum Gasteiger partial charge on any atom is -0.356 e. The standard InChI is InChI=1S/C21H24N4O2/c1-15(26)25-13-9-16-14-17(7-8-19(16)25)23-21(27)18-6-5-10-22-20(18)24-11-3-2-4-12-24/h5-8,10,14H,2-4,9,11-13H2,1H3,(H,23,27). The molecule has 2 amide bonds. The zero-order valence-electron chi connectivity index (χ0n) is 15.6. The molecule has 1 N–H and O–H groups in total. The predicted molar refractivity (Wildman–Crippen MR) is 106 cm³/mol. The molecule has 6 heteroatoms. The van der Waals surface area contributed by atoms with Gasteiger partial charge >= 0.3 is 0 Å². The normalized spacial score (nSPS) is 16.2. The molecule has 4 rings (SSSR count). The van der Waals surface area contributed by atoms with E-state index in [-0.39, 0.29) is 11.8 Å². The van der Waals surface area contributed by atoms with E-state index in [0.29, 0.717) is 12.1 Å². The molecule has 0 spiro atoms. The number of pyridine rings is 1. The Bertz CT molecular complexity index is 874. The van der Waals surface area contributed by atoms with Gasteiger partial charge in [-0.2, -0.15) is 0 Å². The van der Waals surface area contributed by atoms with Crippen LogP contribution in [0.2, 0.25) is 0 Å². The number of benzene rings is 1. The number of nitrogens with one attached hydrogen (secondary N) is 1. The SMILES string of the molecule is CC(=O)N1CCc2cc(NC(=O)c3cccnc3N3CCCCC3)ccc21. The van der Waals surface area contributed by atoms with E-state index in [2.05, 4.69) is 15.2 Å². The van der Waals surface area contributed by atoms with Gasteiger partial charge in [0.05, 0.1) is 5.56 Å². The smallest absolute Gasteiger partial charge is 0.259 e. The van der Waals surface area contributed by atoms with Crippen molar-refractivity contribution in [2.45, 2.75) is 32.6 Å². The zero-order valence-corrected chi connectivity index (χ0v) is 15.6. The molecule has 1 fully saturated rings. The molecule has 0 aliphatic carbocycles. The van der Waals surface area contributed by atoms with E-state index in [1.165, 1.54) is 6.42 Å². The summed E-state index contributed by atoms with van der Waals surface area (Å²) in [6, 6.07) is 9.36. The monoisotopic (exact) mass is 364 g/mol. The van der Waals surface area contributed by atoms with E-state index >= 15 is 0 Å². The number of nitrogens with zero attached hydrogens (tertiary/aromatic N) is 3. The molecule has 0 saturated carbocycles. The van der Waals surface area contributed by atoms with Crippen LogP contribution in [0.3, 0.4) is 0 Å². The van der Waals surface area contributed by atoms with Crippen molar-refractivity contribution in [3.05, 3.63) is 47.7 Å². The van der Waals surface area contributed by atoms with Crippen LogP contribution in [0.1, 0.15) is 42.1 Å². The van der Waals surface area contributed by atoms with Gasteiger partial charge in [0.25, 0.3) is 5.91 Å². The molecule has 1 saturated heterocycles. The van der Waals surface area contributed by atoms with E-state index in [9.17, 15) is 9.59 Å². The number of fused-ring (bicyclic) bond motifs is 1. The summed E-state index contributed by atoms with van der Waals surface area (Å²) in [5.74, 6) is 0.663. The van der Waals surface area contributed by atoms with Gasteiger partial charge in [-0.25, -0.2) is 4.98 Å². The molecule has 2 aromatic rings. The number of aromatic nitrogens is 1. The first-order valence-corrected chi connectivity index (χ1v) is 9.56. The number of piperidine rings is 1. The largest absolute Gasteiger partial charge is 0.356 e.